The van der Waals surface area contributed by atoms with E-state index in [1.165, 1.54) is 5.56 Å². The van der Waals surface area contributed by atoms with Gasteiger partial charge in [0.1, 0.15) is 11.5 Å². The monoisotopic (exact) mass is 404 g/mol. The topological polar surface area (TPSA) is 59.9 Å². The van der Waals surface area contributed by atoms with Gasteiger partial charge in [-0.1, -0.05) is 19.9 Å². The first-order chi connectivity index (χ1) is 12.0. The molecule has 2 rings (SSSR count). The van der Waals surface area contributed by atoms with Crippen molar-refractivity contribution in [3.63, 3.8) is 0 Å². The van der Waals surface area contributed by atoms with E-state index in [4.69, 9.17) is 9.47 Å². The fourth-order valence-corrected chi connectivity index (χ4v) is 2.55. The summed E-state index contributed by atoms with van der Waals surface area (Å²) in [6, 6.07) is 13.2. The first-order valence-corrected chi connectivity index (χ1v) is 8.67. The minimum atomic E-state index is -0.329. The predicted molar refractivity (Wildman–Crippen MR) is 102 cm³/mol. The van der Waals surface area contributed by atoms with Crippen LogP contribution >= 0.6 is 15.9 Å². The van der Waals surface area contributed by atoms with Crippen LogP contribution in [0.3, 0.4) is 0 Å². The number of hydrogen-bond acceptors (Lipinski definition) is 4. The number of amides is 1. The van der Waals surface area contributed by atoms with Crippen molar-refractivity contribution in [2.75, 3.05) is 13.7 Å². The van der Waals surface area contributed by atoms with Gasteiger partial charge in [-0.3, -0.25) is 4.79 Å². The molecular weight excluding hydrogens is 384 g/mol. The Balaban J connectivity index is 1.83. The molecule has 0 saturated carbocycles. The number of rotatable bonds is 7. The molecular formula is C19H21BrN2O3. The van der Waals surface area contributed by atoms with Crippen molar-refractivity contribution in [3.8, 4) is 11.5 Å². The second-order valence-corrected chi connectivity index (χ2v) is 6.55. The Labute approximate surface area is 156 Å². The molecule has 0 heterocycles. The molecule has 1 amide bonds. The highest BCUT2D eigenvalue weighted by atomic mass is 79.9. The molecule has 1 N–H and O–H groups in total. The number of carbonyl (C=O) groups excluding carboxylic acids is 1. The van der Waals surface area contributed by atoms with Crippen LogP contribution in [-0.2, 0) is 4.79 Å². The van der Waals surface area contributed by atoms with Crippen LogP contribution in [0.15, 0.2) is 52.0 Å². The average Bonchev–Trinajstić information content (AvgIpc) is 2.61. The molecule has 0 radical (unpaired) electrons. The first-order valence-electron chi connectivity index (χ1n) is 7.88. The van der Waals surface area contributed by atoms with Crippen LogP contribution in [0.5, 0.6) is 11.5 Å². The molecule has 0 aliphatic rings. The number of hydrogen-bond donors (Lipinski definition) is 1. The number of halogens is 1. The highest BCUT2D eigenvalue weighted by molar-refractivity contribution is 9.10. The van der Waals surface area contributed by atoms with Crippen molar-refractivity contribution >= 4 is 28.1 Å². The van der Waals surface area contributed by atoms with E-state index in [9.17, 15) is 4.79 Å². The molecule has 0 bridgehead atoms. The van der Waals surface area contributed by atoms with Crippen LogP contribution in [0.2, 0.25) is 0 Å². The molecule has 0 aromatic heterocycles. The fraction of sp³-hybridized carbons (Fsp3) is 0.263. The van der Waals surface area contributed by atoms with Gasteiger partial charge in [0.15, 0.2) is 6.61 Å². The van der Waals surface area contributed by atoms with Crippen molar-refractivity contribution in [2.24, 2.45) is 5.10 Å². The molecule has 6 heteroatoms. The zero-order valence-corrected chi connectivity index (χ0v) is 16.0. The van der Waals surface area contributed by atoms with Gasteiger partial charge < -0.3 is 9.47 Å². The average molecular weight is 405 g/mol. The standard InChI is InChI=1S/C19H21BrN2O3/c1-13(2)15-6-9-18(17(20)10-15)25-12-19(23)22-21-11-14-4-7-16(24-3)8-5-14/h4-11,13H,12H2,1-3H3,(H,22,23). The Hall–Kier alpha value is -2.34. The number of methoxy groups -OCH3 is 1. The van der Waals surface area contributed by atoms with Crippen molar-refractivity contribution < 1.29 is 14.3 Å². The third-order valence-electron chi connectivity index (χ3n) is 3.50. The van der Waals surface area contributed by atoms with Gasteiger partial charge >= 0.3 is 0 Å². The van der Waals surface area contributed by atoms with Crippen LogP contribution in [-0.4, -0.2) is 25.8 Å². The molecule has 0 spiro atoms. The van der Waals surface area contributed by atoms with Gasteiger partial charge in [0.05, 0.1) is 17.8 Å². The molecule has 0 fully saturated rings. The number of nitrogens with one attached hydrogen (secondary N) is 1. The number of hydrazone groups is 1. The van der Waals surface area contributed by atoms with E-state index in [1.54, 1.807) is 13.3 Å². The van der Waals surface area contributed by atoms with Crippen molar-refractivity contribution in [2.45, 2.75) is 19.8 Å². The quantitative estimate of drug-likeness (QED) is 0.557. The van der Waals surface area contributed by atoms with Gasteiger partial charge in [-0.15, -0.1) is 0 Å². The SMILES string of the molecule is COc1ccc(C=NNC(=O)COc2ccc(C(C)C)cc2Br)cc1. The van der Waals surface area contributed by atoms with Crippen LogP contribution in [0.4, 0.5) is 0 Å². The fourth-order valence-electron chi connectivity index (χ4n) is 2.04. The second kappa shape index (κ2) is 9.22. The minimum absolute atomic E-state index is 0.112. The van der Waals surface area contributed by atoms with Gasteiger partial charge in [0.25, 0.3) is 5.91 Å². The Morgan fingerprint density at radius 2 is 1.96 bits per heavy atom. The lowest BCUT2D eigenvalue weighted by Crippen LogP contribution is -2.24. The maximum absolute atomic E-state index is 11.8. The summed E-state index contributed by atoms with van der Waals surface area (Å²) in [4.78, 5) is 11.8. The van der Waals surface area contributed by atoms with Crippen molar-refractivity contribution in [1.82, 2.24) is 5.43 Å². The molecule has 25 heavy (non-hydrogen) atoms. The predicted octanol–water partition coefficient (Wildman–Crippen LogP) is 4.11. The lowest BCUT2D eigenvalue weighted by molar-refractivity contribution is -0.123. The third kappa shape index (κ3) is 5.90. The molecule has 0 saturated heterocycles. The van der Waals surface area contributed by atoms with Gasteiger partial charge in [-0.2, -0.15) is 5.10 Å². The third-order valence-corrected chi connectivity index (χ3v) is 4.12. The van der Waals surface area contributed by atoms with E-state index in [1.807, 2.05) is 42.5 Å². The van der Waals surface area contributed by atoms with Crippen LogP contribution < -0.4 is 14.9 Å². The second-order valence-electron chi connectivity index (χ2n) is 5.70. The number of carbonyl (C=O) groups is 1. The maximum Gasteiger partial charge on any atom is 0.277 e. The summed E-state index contributed by atoms with van der Waals surface area (Å²) in [6.07, 6.45) is 1.56. The number of ether oxygens (including phenoxy) is 2. The molecule has 2 aromatic carbocycles. The van der Waals surface area contributed by atoms with Gasteiger partial charge in [-0.05, 0) is 69.4 Å². The Morgan fingerprint density at radius 3 is 2.56 bits per heavy atom. The summed E-state index contributed by atoms with van der Waals surface area (Å²) < 4.78 is 11.4. The van der Waals surface area contributed by atoms with E-state index in [0.29, 0.717) is 11.7 Å². The zero-order valence-electron chi connectivity index (χ0n) is 14.5. The smallest absolute Gasteiger partial charge is 0.277 e. The van der Waals surface area contributed by atoms with Crippen molar-refractivity contribution in [1.29, 1.82) is 0 Å². The summed E-state index contributed by atoms with van der Waals surface area (Å²) >= 11 is 3.46. The molecule has 5 nitrogen and oxygen atoms in total. The molecule has 0 aliphatic carbocycles. The highest BCUT2D eigenvalue weighted by Crippen LogP contribution is 2.28. The first kappa shape index (κ1) is 19.0. The summed E-state index contributed by atoms with van der Waals surface area (Å²) in [7, 11) is 1.61. The number of nitrogens with zero attached hydrogens (tertiary/aromatic N) is 1. The Morgan fingerprint density at radius 1 is 1.24 bits per heavy atom. The normalized spacial score (nSPS) is 10.9. The molecule has 2 aromatic rings. The largest absolute Gasteiger partial charge is 0.497 e. The zero-order chi connectivity index (χ0) is 18.2. The van der Waals surface area contributed by atoms with E-state index in [2.05, 4.69) is 40.3 Å². The van der Waals surface area contributed by atoms with Gasteiger partial charge in [0, 0.05) is 0 Å². The van der Waals surface area contributed by atoms with Crippen LogP contribution in [0.25, 0.3) is 0 Å². The van der Waals surface area contributed by atoms with E-state index >= 15 is 0 Å². The molecule has 132 valence electrons. The van der Waals surface area contributed by atoms with Gasteiger partial charge in [0.2, 0.25) is 0 Å². The molecule has 0 aliphatic heterocycles. The summed E-state index contributed by atoms with van der Waals surface area (Å²) in [5, 5.41) is 3.91. The lowest BCUT2D eigenvalue weighted by atomic mass is 10.0. The molecule has 0 atom stereocenters. The minimum Gasteiger partial charge on any atom is -0.497 e. The molecule has 0 unspecified atom stereocenters. The highest BCUT2D eigenvalue weighted by Gasteiger charge is 2.07. The van der Waals surface area contributed by atoms with E-state index < -0.39 is 0 Å². The Kier molecular flexibility index (Phi) is 7.01. The Bertz CT molecular complexity index is 743. The van der Waals surface area contributed by atoms with E-state index in [-0.39, 0.29) is 12.5 Å². The van der Waals surface area contributed by atoms with Crippen molar-refractivity contribution in [3.05, 3.63) is 58.1 Å². The number of benzene rings is 2. The van der Waals surface area contributed by atoms with E-state index in [0.717, 1.165) is 15.8 Å². The van der Waals surface area contributed by atoms with Gasteiger partial charge in [-0.25, -0.2) is 5.43 Å². The summed E-state index contributed by atoms with van der Waals surface area (Å²) in [5.74, 6) is 1.49. The van der Waals surface area contributed by atoms with Crippen LogP contribution in [0, 0.1) is 0 Å². The van der Waals surface area contributed by atoms with Crippen LogP contribution in [0.1, 0.15) is 30.9 Å². The lowest BCUT2D eigenvalue weighted by Gasteiger charge is -2.10. The summed E-state index contributed by atoms with van der Waals surface area (Å²) in [5.41, 5.74) is 4.50. The maximum atomic E-state index is 11.8. The summed E-state index contributed by atoms with van der Waals surface area (Å²) in [6.45, 7) is 4.13.